The van der Waals surface area contributed by atoms with Gasteiger partial charge in [-0.05, 0) is 52.1 Å². The Labute approximate surface area is 239 Å². The highest BCUT2D eigenvalue weighted by atomic mass is 35.5. The van der Waals surface area contributed by atoms with Crippen LogP contribution in [0.3, 0.4) is 0 Å². The summed E-state index contributed by atoms with van der Waals surface area (Å²) in [7, 11) is 0. The molecule has 41 heavy (non-hydrogen) atoms. The molecule has 0 bridgehead atoms. The van der Waals surface area contributed by atoms with E-state index in [-0.39, 0.29) is 17.3 Å². The first-order valence-corrected chi connectivity index (χ1v) is 13.1. The maximum absolute atomic E-state index is 13.2. The average Bonchev–Trinajstić information content (AvgIpc) is 3.71. The minimum atomic E-state index is -0.545. The summed E-state index contributed by atoms with van der Waals surface area (Å²) in [6.45, 7) is 1.42. The van der Waals surface area contributed by atoms with Crippen LogP contribution in [0.5, 0.6) is 5.75 Å². The van der Waals surface area contributed by atoms with Crippen molar-refractivity contribution in [2.45, 2.75) is 19.6 Å². The van der Waals surface area contributed by atoms with Crippen LogP contribution in [-0.2, 0) is 19.6 Å². The highest BCUT2D eigenvalue weighted by Crippen LogP contribution is 2.30. The summed E-state index contributed by atoms with van der Waals surface area (Å²) in [4.78, 5) is 15.4. The first-order chi connectivity index (χ1) is 20.1. The predicted octanol–water partition coefficient (Wildman–Crippen LogP) is 3.79. The van der Waals surface area contributed by atoms with Crippen LogP contribution >= 0.6 is 11.6 Å². The number of carbonyl (C=O) groups excluding carboxylic acids is 1. The minimum Gasteiger partial charge on any atom is -0.489 e. The molecule has 0 unspecified atom stereocenters. The molecule has 0 atom stereocenters. The summed E-state index contributed by atoms with van der Waals surface area (Å²) < 4.78 is 12.0. The van der Waals surface area contributed by atoms with Gasteiger partial charge in [-0.3, -0.25) is 4.79 Å². The summed E-state index contributed by atoms with van der Waals surface area (Å²) in [6.07, 6.45) is 2.40. The number of aromatic nitrogens is 5. The Bertz CT molecular complexity index is 1730. The fourth-order valence-electron chi connectivity index (χ4n) is 4.56. The summed E-state index contributed by atoms with van der Waals surface area (Å²) in [5, 5.41) is 20.5. The molecular weight excluding hydrogens is 546 g/mol. The number of benzene rings is 3. The number of nitrogens with zero attached hydrogens (tertiary/aromatic N) is 7. The number of carbonyl (C=O) groups is 1. The quantitative estimate of drug-likeness (QED) is 0.200. The smallest absolute Gasteiger partial charge is 0.293 e. The maximum atomic E-state index is 13.2. The first-order valence-electron chi connectivity index (χ1n) is 12.7. The van der Waals surface area contributed by atoms with Gasteiger partial charge in [0.2, 0.25) is 11.6 Å². The molecule has 0 saturated carbocycles. The van der Waals surface area contributed by atoms with Crippen LogP contribution in [0.1, 0.15) is 32.9 Å². The van der Waals surface area contributed by atoms with Crippen molar-refractivity contribution in [3.05, 3.63) is 106 Å². The number of hydrogen-bond donors (Lipinski definition) is 2. The molecule has 0 aliphatic carbocycles. The predicted molar refractivity (Wildman–Crippen MR) is 152 cm³/mol. The SMILES string of the molecule is Nc1nonc1-n1nnc(C(=O)NN=Cc2cccc(OCc3ccccc3Cl)c2)c1CN1CCc2ccccc21. The second-order valence-electron chi connectivity index (χ2n) is 9.22. The zero-order chi connectivity index (χ0) is 28.2. The lowest BCUT2D eigenvalue weighted by Crippen LogP contribution is -2.26. The van der Waals surface area contributed by atoms with Crippen LogP contribution in [0, 0.1) is 0 Å². The van der Waals surface area contributed by atoms with Gasteiger partial charge in [-0.2, -0.15) is 9.78 Å². The molecular formula is C28H24ClN9O3. The van der Waals surface area contributed by atoms with Gasteiger partial charge < -0.3 is 15.4 Å². The number of rotatable bonds is 9. The van der Waals surface area contributed by atoms with Gasteiger partial charge in [0, 0.05) is 22.8 Å². The highest BCUT2D eigenvalue weighted by Gasteiger charge is 2.28. The molecule has 3 heterocycles. The molecule has 12 nitrogen and oxygen atoms in total. The number of fused-ring (bicyclic) bond motifs is 1. The number of nitrogen functional groups attached to an aromatic ring is 1. The lowest BCUT2D eigenvalue weighted by atomic mass is 10.2. The largest absolute Gasteiger partial charge is 0.489 e. The summed E-state index contributed by atoms with van der Waals surface area (Å²) in [5.41, 5.74) is 12.9. The molecule has 206 valence electrons. The van der Waals surface area contributed by atoms with Gasteiger partial charge in [-0.25, -0.2) is 10.1 Å². The Morgan fingerprint density at radius 3 is 2.83 bits per heavy atom. The van der Waals surface area contributed by atoms with E-state index in [4.69, 9.17) is 26.7 Å². The molecule has 0 saturated heterocycles. The second-order valence-corrected chi connectivity index (χ2v) is 9.63. The lowest BCUT2D eigenvalue weighted by molar-refractivity contribution is 0.0949. The van der Waals surface area contributed by atoms with Crippen molar-refractivity contribution in [1.29, 1.82) is 0 Å². The monoisotopic (exact) mass is 569 g/mol. The molecule has 13 heteroatoms. The fourth-order valence-corrected chi connectivity index (χ4v) is 4.75. The van der Waals surface area contributed by atoms with E-state index in [2.05, 4.69) is 42.1 Å². The van der Waals surface area contributed by atoms with Gasteiger partial charge in [-0.15, -0.1) is 5.10 Å². The first kappa shape index (κ1) is 26.0. The lowest BCUT2D eigenvalue weighted by Gasteiger charge is -2.19. The number of anilines is 2. The molecule has 3 aromatic carbocycles. The average molecular weight is 570 g/mol. The van der Waals surface area contributed by atoms with E-state index in [9.17, 15) is 4.79 Å². The summed E-state index contributed by atoms with van der Waals surface area (Å²) in [5.74, 6) is 0.266. The zero-order valence-electron chi connectivity index (χ0n) is 21.6. The Balaban J connectivity index is 1.18. The molecule has 6 rings (SSSR count). The molecule has 0 radical (unpaired) electrons. The molecule has 2 aromatic heterocycles. The van der Waals surface area contributed by atoms with Crippen LogP contribution in [0.2, 0.25) is 5.02 Å². The molecule has 0 fully saturated rings. The van der Waals surface area contributed by atoms with Crippen LogP contribution in [-0.4, -0.2) is 44.0 Å². The maximum Gasteiger partial charge on any atom is 0.293 e. The van der Waals surface area contributed by atoms with Gasteiger partial charge in [0.15, 0.2) is 5.69 Å². The van der Waals surface area contributed by atoms with Crippen molar-refractivity contribution in [1.82, 2.24) is 30.7 Å². The van der Waals surface area contributed by atoms with Crippen LogP contribution in [0.4, 0.5) is 11.5 Å². The number of hydrazone groups is 1. The van der Waals surface area contributed by atoms with Gasteiger partial charge >= 0.3 is 0 Å². The van der Waals surface area contributed by atoms with E-state index in [1.807, 2.05) is 60.7 Å². The third-order valence-electron chi connectivity index (χ3n) is 6.59. The van der Waals surface area contributed by atoms with Crippen LogP contribution in [0.15, 0.2) is 82.5 Å². The van der Waals surface area contributed by atoms with Gasteiger partial charge in [0.25, 0.3) is 5.91 Å². The number of hydrogen-bond acceptors (Lipinski definition) is 10. The van der Waals surface area contributed by atoms with E-state index in [0.717, 1.165) is 29.8 Å². The molecule has 0 spiro atoms. The normalized spacial score (nSPS) is 12.6. The minimum absolute atomic E-state index is 0.0274. The topological polar surface area (TPSA) is 150 Å². The van der Waals surface area contributed by atoms with Gasteiger partial charge in [-0.1, -0.05) is 65.3 Å². The van der Waals surface area contributed by atoms with Gasteiger partial charge in [0.1, 0.15) is 12.4 Å². The standard InChI is InChI=1S/C28H24ClN9O3/c29-22-10-3-1-8-20(22)17-40-21-9-5-6-18(14-21)15-31-33-28(39)25-24(38(36-32-25)27-26(30)34-41-35-27)16-37-13-12-19-7-2-4-11-23(19)37/h1-11,14-15H,12-13,16-17H2,(H2,30,34)(H,33,39). The van der Waals surface area contributed by atoms with Crippen molar-refractivity contribution in [2.24, 2.45) is 5.10 Å². The van der Waals surface area contributed by atoms with E-state index < -0.39 is 5.91 Å². The molecule has 1 aliphatic heterocycles. The molecule has 1 amide bonds. The number of nitrogens with one attached hydrogen (secondary N) is 1. The van der Waals surface area contributed by atoms with Crippen molar-refractivity contribution >= 4 is 35.2 Å². The highest BCUT2D eigenvalue weighted by molar-refractivity contribution is 6.31. The molecule has 1 aliphatic rings. The van der Waals surface area contributed by atoms with E-state index in [1.165, 1.54) is 16.5 Å². The van der Waals surface area contributed by atoms with Crippen molar-refractivity contribution in [3.63, 3.8) is 0 Å². The third kappa shape index (κ3) is 5.58. The number of nitrogens with two attached hydrogens (primary N) is 1. The Morgan fingerprint density at radius 2 is 1.98 bits per heavy atom. The van der Waals surface area contributed by atoms with Gasteiger partial charge in [0.05, 0.1) is 18.5 Å². The summed E-state index contributed by atoms with van der Waals surface area (Å²) in [6, 6.07) is 22.9. The molecule has 5 aromatic rings. The number of halogens is 1. The van der Waals surface area contributed by atoms with Crippen molar-refractivity contribution in [2.75, 3.05) is 17.2 Å². The number of para-hydroxylation sites is 1. The van der Waals surface area contributed by atoms with E-state index in [1.54, 1.807) is 6.07 Å². The Hall–Kier alpha value is -5.23. The summed E-state index contributed by atoms with van der Waals surface area (Å²) >= 11 is 6.22. The van der Waals surface area contributed by atoms with Crippen LogP contribution < -0.4 is 20.8 Å². The second kappa shape index (κ2) is 11.5. The van der Waals surface area contributed by atoms with Crippen molar-refractivity contribution < 1.29 is 14.2 Å². The van der Waals surface area contributed by atoms with E-state index >= 15 is 0 Å². The number of amides is 1. The zero-order valence-corrected chi connectivity index (χ0v) is 22.4. The Kier molecular flexibility index (Phi) is 7.28. The molecule has 3 N–H and O–H groups in total. The van der Waals surface area contributed by atoms with Crippen molar-refractivity contribution in [3.8, 4) is 11.6 Å². The van der Waals surface area contributed by atoms with Crippen LogP contribution in [0.25, 0.3) is 5.82 Å². The van der Waals surface area contributed by atoms with E-state index in [0.29, 0.717) is 29.6 Å². The number of ether oxygens (including phenoxy) is 1. The fraction of sp³-hybridized carbons (Fsp3) is 0.143. The third-order valence-corrected chi connectivity index (χ3v) is 6.96. The Morgan fingerprint density at radius 1 is 1.12 bits per heavy atom.